The molecule has 0 aromatic heterocycles. The molecule has 10 heavy (non-hydrogen) atoms. The number of halogens is 3. The Kier molecular flexibility index (Phi) is 2.62. The molecule has 1 aliphatic rings. The molecule has 2 nitrogen and oxygen atoms in total. The Labute approximate surface area is 63.8 Å². The van der Waals surface area contributed by atoms with Crippen molar-refractivity contribution in [1.82, 2.24) is 0 Å². The van der Waals surface area contributed by atoms with E-state index in [1.165, 1.54) is 0 Å². The highest BCUT2D eigenvalue weighted by molar-refractivity contribution is 5.85. The minimum absolute atomic E-state index is 0. The lowest BCUT2D eigenvalue weighted by Gasteiger charge is -2.42. The van der Waals surface area contributed by atoms with Crippen LogP contribution in [0, 0.1) is 0 Å². The van der Waals surface area contributed by atoms with Gasteiger partial charge in [-0.3, -0.25) is 0 Å². The zero-order valence-corrected chi connectivity index (χ0v) is 6.13. The van der Waals surface area contributed by atoms with Gasteiger partial charge in [-0.15, -0.1) is 12.4 Å². The summed E-state index contributed by atoms with van der Waals surface area (Å²) < 4.78 is 24.0. The van der Waals surface area contributed by atoms with Gasteiger partial charge in [-0.05, 0) is 0 Å². The molecule has 0 saturated heterocycles. The first-order valence-corrected chi connectivity index (χ1v) is 2.78. The summed E-state index contributed by atoms with van der Waals surface area (Å²) in [5.41, 5.74) is 3.73. The summed E-state index contributed by atoms with van der Waals surface area (Å²) in [4.78, 5) is 0. The van der Waals surface area contributed by atoms with Crippen LogP contribution in [0.1, 0.15) is 12.8 Å². The predicted molar refractivity (Wildman–Crippen MR) is 35.4 cm³/mol. The standard InChI is InChI=1S/C5H9F2NO.ClH/c6-5(7)1-4(9,2-5)3-8;/h9H,1-3,8H2;1H. The maximum atomic E-state index is 12.0. The largest absolute Gasteiger partial charge is 0.388 e. The van der Waals surface area contributed by atoms with Crippen LogP contribution in [0.5, 0.6) is 0 Å². The molecule has 1 aliphatic carbocycles. The van der Waals surface area contributed by atoms with Crippen molar-refractivity contribution in [1.29, 1.82) is 0 Å². The summed E-state index contributed by atoms with van der Waals surface area (Å²) in [6.45, 7) is -0.0669. The normalized spacial score (nSPS) is 26.4. The molecule has 0 aliphatic heterocycles. The van der Waals surface area contributed by atoms with E-state index in [1.807, 2.05) is 0 Å². The second-order valence-corrected chi connectivity index (χ2v) is 2.64. The number of rotatable bonds is 1. The first-order valence-electron chi connectivity index (χ1n) is 2.78. The molecule has 0 bridgehead atoms. The molecular formula is C5H10ClF2NO. The van der Waals surface area contributed by atoms with Gasteiger partial charge >= 0.3 is 0 Å². The van der Waals surface area contributed by atoms with Gasteiger partial charge in [-0.2, -0.15) is 0 Å². The van der Waals surface area contributed by atoms with Gasteiger partial charge in [0.05, 0.1) is 5.60 Å². The van der Waals surface area contributed by atoms with E-state index in [-0.39, 0.29) is 19.0 Å². The van der Waals surface area contributed by atoms with Gasteiger partial charge in [0.2, 0.25) is 0 Å². The van der Waals surface area contributed by atoms with Crippen LogP contribution in [0.25, 0.3) is 0 Å². The molecule has 0 unspecified atom stereocenters. The summed E-state index contributed by atoms with van der Waals surface area (Å²) >= 11 is 0. The van der Waals surface area contributed by atoms with Crippen LogP contribution in [0.4, 0.5) is 8.78 Å². The van der Waals surface area contributed by atoms with Crippen molar-refractivity contribution in [2.75, 3.05) is 6.54 Å². The lowest BCUT2D eigenvalue weighted by molar-refractivity contribution is -0.199. The van der Waals surface area contributed by atoms with E-state index in [2.05, 4.69) is 0 Å². The van der Waals surface area contributed by atoms with Crippen LogP contribution in [0.15, 0.2) is 0 Å². The van der Waals surface area contributed by atoms with Crippen LogP contribution in [-0.4, -0.2) is 23.2 Å². The molecular weight excluding hydrogens is 164 g/mol. The Hall–Kier alpha value is 0.0700. The third-order valence-electron chi connectivity index (χ3n) is 1.56. The Morgan fingerprint density at radius 1 is 1.40 bits per heavy atom. The fraction of sp³-hybridized carbons (Fsp3) is 1.00. The minimum Gasteiger partial charge on any atom is -0.388 e. The van der Waals surface area contributed by atoms with E-state index in [0.717, 1.165) is 0 Å². The second kappa shape index (κ2) is 2.60. The summed E-state index contributed by atoms with van der Waals surface area (Å²) in [5.74, 6) is -2.67. The minimum atomic E-state index is -2.67. The van der Waals surface area contributed by atoms with Gasteiger partial charge in [0.1, 0.15) is 0 Å². The molecule has 0 radical (unpaired) electrons. The SMILES string of the molecule is Cl.NCC1(O)CC(F)(F)C1. The van der Waals surface area contributed by atoms with E-state index < -0.39 is 24.4 Å². The average Bonchev–Trinajstić information content (AvgIpc) is 1.61. The molecule has 1 rings (SSSR count). The highest BCUT2D eigenvalue weighted by Gasteiger charge is 2.54. The van der Waals surface area contributed by atoms with Crippen molar-refractivity contribution in [2.24, 2.45) is 5.73 Å². The van der Waals surface area contributed by atoms with Crippen molar-refractivity contribution in [3.8, 4) is 0 Å². The monoisotopic (exact) mass is 173 g/mol. The number of nitrogens with two attached hydrogens (primary N) is 1. The van der Waals surface area contributed by atoms with Crippen molar-refractivity contribution in [3.63, 3.8) is 0 Å². The molecule has 5 heteroatoms. The first kappa shape index (κ1) is 10.1. The second-order valence-electron chi connectivity index (χ2n) is 2.64. The average molecular weight is 174 g/mol. The molecule has 3 N–H and O–H groups in total. The van der Waals surface area contributed by atoms with Gasteiger partial charge in [0.15, 0.2) is 0 Å². The van der Waals surface area contributed by atoms with Crippen molar-refractivity contribution < 1.29 is 13.9 Å². The van der Waals surface area contributed by atoms with Crippen LogP contribution in [0.3, 0.4) is 0 Å². The Morgan fingerprint density at radius 3 is 1.90 bits per heavy atom. The van der Waals surface area contributed by atoms with Crippen LogP contribution in [-0.2, 0) is 0 Å². The fourth-order valence-electron chi connectivity index (χ4n) is 1.06. The number of alkyl halides is 2. The molecule has 0 aromatic carbocycles. The first-order chi connectivity index (χ1) is 3.97. The Bertz CT molecular complexity index is 123. The highest BCUT2D eigenvalue weighted by atomic mass is 35.5. The van der Waals surface area contributed by atoms with Gasteiger partial charge < -0.3 is 10.8 Å². The molecule has 0 aromatic rings. The Morgan fingerprint density at radius 2 is 1.80 bits per heavy atom. The summed E-state index contributed by atoms with van der Waals surface area (Å²) in [6.07, 6.45) is -0.951. The summed E-state index contributed by atoms with van der Waals surface area (Å²) in [7, 11) is 0. The predicted octanol–water partition coefficient (Wildman–Crippen LogP) is 0.527. The fourth-order valence-corrected chi connectivity index (χ4v) is 1.06. The number of hydrogen-bond acceptors (Lipinski definition) is 2. The van der Waals surface area contributed by atoms with Crippen LogP contribution in [0.2, 0.25) is 0 Å². The number of aliphatic hydroxyl groups is 1. The van der Waals surface area contributed by atoms with Gasteiger partial charge in [0, 0.05) is 19.4 Å². The third kappa shape index (κ3) is 1.78. The van der Waals surface area contributed by atoms with Gasteiger partial charge in [-0.25, -0.2) is 8.78 Å². The van der Waals surface area contributed by atoms with Crippen molar-refractivity contribution in [3.05, 3.63) is 0 Å². The maximum absolute atomic E-state index is 12.0. The Balaban J connectivity index is 0.000000810. The molecule has 62 valence electrons. The van der Waals surface area contributed by atoms with Crippen LogP contribution < -0.4 is 5.73 Å². The number of hydrogen-bond donors (Lipinski definition) is 2. The molecule has 0 heterocycles. The molecule has 0 spiro atoms. The van der Waals surface area contributed by atoms with E-state index >= 15 is 0 Å². The molecule has 1 saturated carbocycles. The topological polar surface area (TPSA) is 46.2 Å². The summed E-state index contributed by atoms with van der Waals surface area (Å²) in [6, 6.07) is 0. The molecule has 0 atom stereocenters. The van der Waals surface area contributed by atoms with E-state index in [0.29, 0.717) is 0 Å². The zero-order valence-electron chi connectivity index (χ0n) is 5.31. The van der Waals surface area contributed by atoms with Crippen LogP contribution >= 0.6 is 12.4 Å². The van der Waals surface area contributed by atoms with Crippen molar-refractivity contribution >= 4 is 12.4 Å². The maximum Gasteiger partial charge on any atom is 0.253 e. The third-order valence-corrected chi connectivity index (χ3v) is 1.56. The quantitative estimate of drug-likeness (QED) is 0.608. The molecule has 1 fully saturated rings. The van der Waals surface area contributed by atoms with E-state index in [1.54, 1.807) is 0 Å². The van der Waals surface area contributed by atoms with E-state index in [9.17, 15) is 8.78 Å². The smallest absolute Gasteiger partial charge is 0.253 e. The highest BCUT2D eigenvalue weighted by Crippen LogP contribution is 2.44. The van der Waals surface area contributed by atoms with E-state index in [4.69, 9.17) is 10.8 Å². The van der Waals surface area contributed by atoms with Gasteiger partial charge in [-0.1, -0.05) is 0 Å². The van der Waals surface area contributed by atoms with Gasteiger partial charge in [0.25, 0.3) is 5.92 Å². The lowest BCUT2D eigenvalue weighted by atomic mass is 9.77. The summed E-state index contributed by atoms with van der Waals surface area (Å²) in [5, 5.41) is 8.95. The van der Waals surface area contributed by atoms with Crippen molar-refractivity contribution in [2.45, 2.75) is 24.4 Å². The zero-order chi connectivity index (χ0) is 7.12. The lowest BCUT2D eigenvalue weighted by Crippen LogP contribution is -2.56. The molecule has 0 amide bonds.